The van der Waals surface area contributed by atoms with E-state index in [-0.39, 0.29) is 6.04 Å². The Morgan fingerprint density at radius 3 is 2.80 bits per heavy atom. The Labute approximate surface area is 172 Å². The lowest BCUT2D eigenvalue weighted by molar-refractivity contribution is 0.0814. The molecule has 3 heterocycles. The van der Waals surface area contributed by atoms with Gasteiger partial charge in [-0.3, -0.25) is 4.40 Å². The van der Waals surface area contributed by atoms with Gasteiger partial charge in [-0.1, -0.05) is 6.07 Å². The average molecular weight is 416 g/mol. The zero-order valence-corrected chi connectivity index (χ0v) is 16.4. The van der Waals surface area contributed by atoms with E-state index in [1.165, 1.54) is 0 Å². The maximum Gasteiger partial charge on any atom is 0.272 e. The van der Waals surface area contributed by atoms with Crippen LogP contribution in [0.15, 0.2) is 36.7 Å². The van der Waals surface area contributed by atoms with Crippen molar-refractivity contribution in [1.82, 2.24) is 14.4 Å². The number of alkyl halides is 3. The van der Waals surface area contributed by atoms with Gasteiger partial charge < -0.3 is 10.1 Å². The first-order chi connectivity index (χ1) is 14.6. The topological polar surface area (TPSA) is 51.5 Å². The molecule has 2 atom stereocenters. The van der Waals surface area contributed by atoms with Crippen molar-refractivity contribution < 1.29 is 17.9 Å². The Kier molecular flexibility index (Phi) is 5.00. The number of hydrogen-bond acceptors (Lipinski definition) is 4. The molecule has 5 rings (SSSR count). The molecule has 0 unspecified atom stereocenters. The van der Waals surface area contributed by atoms with Gasteiger partial charge in [-0.05, 0) is 50.2 Å². The predicted molar refractivity (Wildman–Crippen MR) is 108 cm³/mol. The summed E-state index contributed by atoms with van der Waals surface area (Å²) in [7, 11) is 0. The predicted octanol–water partition coefficient (Wildman–Crippen LogP) is 5.22. The molecule has 0 aliphatic heterocycles. The maximum atomic E-state index is 14.0. The summed E-state index contributed by atoms with van der Waals surface area (Å²) in [5.74, 6) is 1.43. The van der Waals surface area contributed by atoms with Crippen molar-refractivity contribution in [3.8, 4) is 17.1 Å². The minimum absolute atomic E-state index is 0.203. The number of fused-ring (bicyclic) bond motifs is 1. The summed E-state index contributed by atoms with van der Waals surface area (Å²) in [6.45, 7) is -0.630. The molecule has 2 fully saturated rings. The second kappa shape index (κ2) is 7.81. The standard InChI is InChI=1S/C22H23F3N4O/c23-15-3-1-4-16(15)27-21-6-2-5-17(28-21)18-10-26-22-9-19(30-12-20(24)25)14(11-29(18)22)13-7-8-13/h2,5-6,9-11,13,15-16,20H,1,3-4,7-8,12H2,(H,27,28)/t15-,16-/m0/s1. The number of ether oxygens (including phenoxy) is 1. The highest BCUT2D eigenvalue weighted by Gasteiger charge is 2.29. The zero-order chi connectivity index (χ0) is 20.7. The Morgan fingerprint density at radius 2 is 2.07 bits per heavy atom. The lowest BCUT2D eigenvalue weighted by Gasteiger charge is -2.16. The van der Waals surface area contributed by atoms with E-state index in [1.54, 1.807) is 12.3 Å². The second-order valence-electron chi connectivity index (χ2n) is 8.05. The fourth-order valence-electron chi connectivity index (χ4n) is 4.11. The van der Waals surface area contributed by atoms with Crippen LogP contribution in [0.2, 0.25) is 0 Å². The molecule has 5 nitrogen and oxygen atoms in total. The summed E-state index contributed by atoms with van der Waals surface area (Å²) in [5, 5.41) is 3.21. The normalized spacial score (nSPS) is 21.5. The molecule has 8 heteroatoms. The van der Waals surface area contributed by atoms with Gasteiger partial charge in [0.15, 0.2) is 0 Å². The maximum absolute atomic E-state index is 14.0. The summed E-state index contributed by atoms with van der Waals surface area (Å²) in [6, 6.07) is 7.12. The smallest absolute Gasteiger partial charge is 0.272 e. The van der Waals surface area contributed by atoms with E-state index >= 15 is 0 Å². The van der Waals surface area contributed by atoms with Crippen molar-refractivity contribution in [3.63, 3.8) is 0 Å². The number of nitrogens with one attached hydrogen (secondary N) is 1. The molecule has 0 aromatic carbocycles. The lowest BCUT2D eigenvalue weighted by atomic mass is 10.1. The highest BCUT2D eigenvalue weighted by Crippen LogP contribution is 2.45. The van der Waals surface area contributed by atoms with Crippen LogP contribution < -0.4 is 10.1 Å². The van der Waals surface area contributed by atoms with E-state index < -0.39 is 19.2 Å². The SMILES string of the molecule is FC(F)COc1cc2ncc(-c3cccc(N[C@H]4CCC[C@@H]4F)n3)n2cc1C1CC1. The summed E-state index contributed by atoms with van der Waals surface area (Å²) < 4.78 is 46.5. The quantitative estimate of drug-likeness (QED) is 0.574. The summed E-state index contributed by atoms with van der Waals surface area (Å²) in [6.07, 6.45) is 4.57. The zero-order valence-electron chi connectivity index (χ0n) is 16.4. The number of rotatable bonds is 7. The van der Waals surface area contributed by atoms with E-state index in [4.69, 9.17) is 4.74 Å². The van der Waals surface area contributed by atoms with Crippen LogP contribution >= 0.6 is 0 Å². The first-order valence-electron chi connectivity index (χ1n) is 10.4. The van der Waals surface area contributed by atoms with Gasteiger partial charge in [0.25, 0.3) is 6.43 Å². The number of halogens is 3. The Morgan fingerprint density at radius 1 is 1.20 bits per heavy atom. The van der Waals surface area contributed by atoms with Gasteiger partial charge in [0, 0.05) is 17.8 Å². The van der Waals surface area contributed by atoms with Crippen LogP contribution in [0.4, 0.5) is 19.0 Å². The fraction of sp³-hybridized carbons (Fsp3) is 0.455. The summed E-state index contributed by atoms with van der Waals surface area (Å²) in [4.78, 5) is 9.09. The van der Waals surface area contributed by atoms with Crippen molar-refractivity contribution in [2.45, 2.75) is 56.7 Å². The lowest BCUT2D eigenvalue weighted by Crippen LogP contribution is -2.25. The molecule has 0 amide bonds. The van der Waals surface area contributed by atoms with Crippen LogP contribution in [0.1, 0.15) is 43.6 Å². The first kappa shape index (κ1) is 19.2. The van der Waals surface area contributed by atoms with E-state index in [1.807, 2.05) is 28.8 Å². The number of nitrogens with zero attached hydrogens (tertiary/aromatic N) is 3. The highest BCUT2D eigenvalue weighted by molar-refractivity contribution is 5.64. The molecule has 2 saturated carbocycles. The number of hydrogen-bond donors (Lipinski definition) is 1. The van der Waals surface area contributed by atoms with Crippen LogP contribution in [-0.4, -0.2) is 39.6 Å². The van der Waals surface area contributed by atoms with Crippen LogP contribution in [0, 0.1) is 0 Å². The van der Waals surface area contributed by atoms with Crippen molar-refractivity contribution in [3.05, 3.63) is 42.2 Å². The molecule has 3 aromatic heterocycles. The van der Waals surface area contributed by atoms with E-state index in [2.05, 4.69) is 15.3 Å². The van der Waals surface area contributed by atoms with Gasteiger partial charge >= 0.3 is 0 Å². The Balaban J connectivity index is 1.47. The van der Waals surface area contributed by atoms with Crippen LogP contribution in [0.5, 0.6) is 5.75 Å². The average Bonchev–Trinajstić information content (AvgIpc) is 3.38. The van der Waals surface area contributed by atoms with Gasteiger partial charge in [0.2, 0.25) is 0 Å². The molecule has 0 radical (unpaired) electrons. The van der Waals surface area contributed by atoms with E-state index in [0.29, 0.717) is 35.2 Å². The molecule has 158 valence electrons. The fourth-order valence-corrected chi connectivity index (χ4v) is 4.11. The largest absolute Gasteiger partial charge is 0.487 e. The molecular formula is C22H23F3N4O. The minimum Gasteiger partial charge on any atom is -0.487 e. The van der Waals surface area contributed by atoms with Gasteiger partial charge in [0.1, 0.15) is 30.0 Å². The molecule has 0 saturated heterocycles. The van der Waals surface area contributed by atoms with Crippen molar-refractivity contribution in [2.75, 3.05) is 11.9 Å². The molecule has 2 aliphatic rings. The van der Waals surface area contributed by atoms with Crippen LogP contribution in [-0.2, 0) is 0 Å². The molecule has 0 spiro atoms. The number of imidazole rings is 1. The Bertz CT molecular complexity index is 1050. The van der Waals surface area contributed by atoms with Gasteiger partial charge in [-0.15, -0.1) is 0 Å². The molecule has 0 bridgehead atoms. The van der Waals surface area contributed by atoms with Crippen molar-refractivity contribution >= 4 is 11.5 Å². The number of aromatic nitrogens is 3. The van der Waals surface area contributed by atoms with Gasteiger partial charge in [-0.25, -0.2) is 23.1 Å². The molecule has 2 aliphatic carbocycles. The second-order valence-corrected chi connectivity index (χ2v) is 8.05. The van der Waals surface area contributed by atoms with E-state index in [9.17, 15) is 13.2 Å². The van der Waals surface area contributed by atoms with Gasteiger partial charge in [0.05, 0.1) is 23.6 Å². The number of anilines is 1. The third-order valence-corrected chi connectivity index (χ3v) is 5.80. The van der Waals surface area contributed by atoms with E-state index in [0.717, 1.165) is 36.9 Å². The molecular weight excluding hydrogens is 393 g/mol. The van der Waals surface area contributed by atoms with Crippen molar-refractivity contribution in [2.24, 2.45) is 0 Å². The van der Waals surface area contributed by atoms with Crippen molar-refractivity contribution in [1.29, 1.82) is 0 Å². The van der Waals surface area contributed by atoms with Gasteiger partial charge in [-0.2, -0.15) is 0 Å². The molecule has 1 N–H and O–H groups in total. The third-order valence-electron chi connectivity index (χ3n) is 5.80. The Hall–Kier alpha value is -2.77. The highest BCUT2D eigenvalue weighted by atomic mass is 19.3. The number of pyridine rings is 2. The first-order valence-corrected chi connectivity index (χ1v) is 10.4. The third kappa shape index (κ3) is 3.82. The molecule has 30 heavy (non-hydrogen) atoms. The van der Waals surface area contributed by atoms with Crippen LogP contribution in [0.25, 0.3) is 17.0 Å². The monoisotopic (exact) mass is 416 g/mol. The molecule has 3 aromatic rings. The summed E-state index contributed by atoms with van der Waals surface area (Å²) >= 11 is 0. The summed E-state index contributed by atoms with van der Waals surface area (Å²) in [5.41, 5.74) is 3.03. The minimum atomic E-state index is -2.52. The van der Waals surface area contributed by atoms with Crippen LogP contribution in [0.3, 0.4) is 0 Å².